The maximum atomic E-state index is 14.8. The Balaban J connectivity index is 1.98. The molecule has 5 N–H and O–H groups in total. The molecule has 0 aliphatic carbocycles. The summed E-state index contributed by atoms with van der Waals surface area (Å²) in [6.07, 6.45) is 1.95. The largest absolute Gasteiger partial charge is 0.386 e. The zero-order valence-corrected chi connectivity index (χ0v) is 19.3. The molecular formula is C21H26ClFN4O3S. The molecule has 168 valence electrons. The maximum Gasteiger partial charge on any atom is 0.274 e. The van der Waals surface area contributed by atoms with Crippen molar-refractivity contribution < 1.29 is 18.3 Å². The molecule has 0 radical (unpaired) electrons. The molecule has 10 heteroatoms. The standard InChI is InChI=1S/C21H26ClFN4O3S/c1-5-12-8-13(22)10-25-17(12)18(28)26-14-6-7-16(23)15(9-14)21(4)11-31(29,30)20(2,3)19(24)27-21/h6-10,29-30H,5,11H2,1-4H3,(H2,24,27)(H,26,28)/t21-/m0/s1. The number of nitrogens with two attached hydrogens (primary N) is 1. The molecule has 0 fully saturated rings. The smallest absolute Gasteiger partial charge is 0.274 e. The van der Waals surface area contributed by atoms with Gasteiger partial charge < -0.3 is 11.1 Å². The molecule has 3 rings (SSSR count). The summed E-state index contributed by atoms with van der Waals surface area (Å²) < 4.78 is 35.0. The van der Waals surface area contributed by atoms with Gasteiger partial charge in [-0.2, -0.15) is 10.6 Å². The molecule has 0 spiro atoms. The number of rotatable bonds is 4. The third-order valence-electron chi connectivity index (χ3n) is 5.62. The zero-order chi connectivity index (χ0) is 23.2. The zero-order valence-electron chi connectivity index (χ0n) is 17.7. The fourth-order valence-corrected chi connectivity index (χ4v) is 5.40. The summed E-state index contributed by atoms with van der Waals surface area (Å²) in [5.74, 6) is -1.21. The van der Waals surface area contributed by atoms with E-state index in [1.807, 2.05) is 6.92 Å². The van der Waals surface area contributed by atoms with Gasteiger partial charge in [0.05, 0.1) is 10.8 Å². The van der Waals surface area contributed by atoms with Crippen LogP contribution >= 0.6 is 22.2 Å². The summed E-state index contributed by atoms with van der Waals surface area (Å²) in [7, 11) is -3.21. The van der Waals surface area contributed by atoms with Crippen molar-refractivity contribution in [1.29, 1.82) is 0 Å². The van der Waals surface area contributed by atoms with Crippen LogP contribution in [0.2, 0.25) is 5.02 Å². The van der Waals surface area contributed by atoms with Crippen molar-refractivity contribution in [2.24, 2.45) is 10.7 Å². The number of nitrogens with zero attached hydrogens (tertiary/aromatic N) is 2. The SMILES string of the molecule is CCc1cc(Cl)cnc1C(=O)Nc1ccc(F)c([C@]2(C)CS(O)(O)C(C)(C)C(N)=N2)c1. The Morgan fingerprint density at radius 3 is 2.61 bits per heavy atom. The number of hydrogen-bond donors (Lipinski definition) is 4. The highest BCUT2D eigenvalue weighted by Crippen LogP contribution is 2.59. The molecule has 1 amide bonds. The van der Waals surface area contributed by atoms with Crippen LogP contribution in [0.25, 0.3) is 0 Å². The molecule has 31 heavy (non-hydrogen) atoms. The Morgan fingerprint density at radius 2 is 2.00 bits per heavy atom. The van der Waals surface area contributed by atoms with Crippen molar-refractivity contribution in [2.45, 2.75) is 44.4 Å². The third kappa shape index (κ3) is 4.27. The van der Waals surface area contributed by atoms with Gasteiger partial charge in [-0.15, -0.1) is 0 Å². The number of anilines is 1. The number of amides is 1. The van der Waals surface area contributed by atoms with Crippen molar-refractivity contribution in [3.05, 3.63) is 58.1 Å². The van der Waals surface area contributed by atoms with Crippen molar-refractivity contribution in [3.63, 3.8) is 0 Å². The lowest BCUT2D eigenvalue weighted by Gasteiger charge is -2.53. The van der Waals surface area contributed by atoms with Crippen LogP contribution < -0.4 is 11.1 Å². The first-order chi connectivity index (χ1) is 14.3. The molecule has 1 atom stereocenters. The Morgan fingerprint density at radius 1 is 1.32 bits per heavy atom. The summed E-state index contributed by atoms with van der Waals surface area (Å²) in [6, 6.07) is 5.72. The van der Waals surface area contributed by atoms with Gasteiger partial charge in [-0.3, -0.25) is 18.9 Å². The number of carbonyl (C=O) groups excluding carboxylic acids is 1. The molecule has 2 aromatic rings. The van der Waals surface area contributed by atoms with Gasteiger partial charge in [-0.25, -0.2) is 9.37 Å². The van der Waals surface area contributed by atoms with E-state index in [9.17, 15) is 18.3 Å². The van der Waals surface area contributed by atoms with E-state index in [4.69, 9.17) is 17.3 Å². The van der Waals surface area contributed by atoms with Crippen LogP contribution in [0.5, 0.6) is 0 Å². The lowest BCUT2D eigenvalue weighted by molar-refractivity contribution is 0.102. The van der Waals surface area contributed by atoms with E-state index >= 15 is 0 Å². The summed E-state index contributed by atoms with van der Waals surface area (Å²) in [5, 5.41) is 3.15. The highest BCUT2D eigenvalue weighted by molar-refractivity contribution is 8.26. The number of amidine groups is 1. The number of pyridine rings is 1. The molecule has 1 aromatic heterocycles. The molecule has 7 nitrogen and oxygen atoms in total. The van der Waals surface area contributed by atoms with Crippen LogP contribution in [0.15, 0.2) is 35.5 Å². The van der Waals surface area contributed by atoms with Crippen molar-refractivity contribution in [3.8, 4) is 0 Å². The topological polar surface area (TPSA) is 121 Å². The van der Waals surface area contributed by atoms with Gasteiger partial charge >= 0.3 is 0 Å². The predicted molar refractivity (Wildman–Crippen MR) is 124 cm³/mol. The second-order valence-electron chi connectivity index (χ2n) is 8.26. The highest BCUT2D eigenvalue weighted by atomic mass is 35.5. The normalized spacial score (nSPS) is 23.0. The number of benzene rings is 1. The van der Waals surface area contributed by atoms with Gasteiger partial charge in [0.25, 0.3) is 5.91 Å². The second kappa shape index (κ2) is 8.05. The number of aliphatic imine (C=N–C) groups is 1. The van der Waals surface area contributed by atoms with Gasteiger partial charge in [0.1, 0.15) is 27.6 Å². The second-order valence-corrected chi connectivity index (χ2v) is 11.3. The van der Waals surface area contributed by atoms with E-state index in [1.54, 1.807) is 26.8 Å². The number of aromatic nitrogens is 1. The Labute approximate surface area is 187 Å². The van der Waals surface area contributed by atoms with Gasteiger partial charge in [-0.1, -0.05) is 18.5 Å². The van der Waals surface area contributed by atoms with Crippen molar-refractivity contribution in [1.82, 2.24) is 4.98 Å². The van der Waals surface area contributed by atoms with Crippen LogP contribution in [-0.4, -0.2) is 36.3 Å². The van der Waals surface area contributed by atoms with Crippen LogP contribution in [0.4, 0.5) is 10.1 Å². The van der Waals surface area contributed by atoms with Crippen LogP contribution in [0.1, 0.15) is 49.3 Å². The monoisotopic (exact) mass is 468 g/mol. The molecular weight excluding hydrogens is 443 g/mol. The van der Waals surface area contributed by atoms with Crippen LogP contribution in [0.3, 0.4) is 0 Å². The highest BCUT2D eigenvalue weighted by Gasteiger charge is 2.49. The molecule has 0 unspecified atom stereocenters. The Hall–Kier alpha value is -2.20. The molecule has 1 aromatic carbocycles. The molecule has 0 saturated heterocycles. The van der Waals surface area contributed by atoms with Crippen LogP contribution in [0, 0.1) is 5.82 Å². The van der Waals surface area contributed by atoms with Crippen molar-refractivity contribution >= 4 is 39.6 Å². The lowest BCUT2D eigenvalue weighted by Crippen LogP contribution is -2.52. The molecule has 0 bridgehead atoms. The minimum Gasteiger partial charge on any atom is -0.386 e. The minimum absolute atomic E-state index is 0.0352. The first kappa shape index (κ1) is 23.5. The predicted octanol–water partition coefficient (Wildman–Crippen LogP) is 4.80. The number of hydrogen-bond acceptors (Lipinski definition) is 6. The third-order valence-corrected chi connectivity index (χ3v) is 8.63. The van der Waals surface area contributed by atoms with Crippen molar-refractivity contribution in [2.75, 3.05) is 11.1 Å². The van der Waals surface area contributed by atoms with Gasteiger partial charge in [-0.05, 0) is 57.0 Å². The average molecular weight is 469 g/mol. The summed E-state index contributed by atoms with van der Waals surface area (Å²) in [6.45, 7) is 6.66. The Bertz CT molecular complexity index is 1080. The summed E-state index contributed by atoms with van der Waals surface area (Å²) >= 11 is 5.96. The molecule has 0 saturated carbocycles. The van der Waals surface area contributed by atoms with Crippen LogP contribution in [-0.2, 0) is 12.0 Å². The van der Waals surface area contributed by atoms with Gasteiger partial charge in [0.2, 0.25) is 0 Å². The molecule has 2 heterocycles. The fraction of sp³-hybridized carbons (Fsp3) is 0.381. The van der Waals surface area contributed by atoms with E-state index < -0.39 is 32.6 Å². The fourth-order valence-electron chi connectivity index (χ4n) is 3.47. The number of halogens is 2. The first-order valence-corrected chi connectivity index (χ1v) is 11.8. The number of carbonyl (C=O) groups is 1. The van der Waals surface area contributed by atoms with E-state index in [-0.39, 0.29) is 22.8 Å². The van der Waals surface area contributed by atoms with E-state index in [0.29, 0.717) is 22.7 Å². The Kier molecular flexibility index (Phi) is 6.09. The first-order valence-electron chi connectivity index (χ1n) is 9.68. The average Bonchev–Trinajstić information content (AvgIpc) is 2.67. The number of nitrogens with one attached hydrogen (secondary N) is 1. The van der Waals surface area contributed by atoms with Gasteiger partial charge in [0.15, 0.2) is 0 Å². The lowest BCUT2D eigenvalue weighted by atomic mass is 9.92. The quantitative estimate of drug-likeness (QED) is 0.513. The number of aryl methyl sites for hydroxylation is 1. The van der Waals surface area contributed by atoms with E-state index in [2.05, 4.69) is 15.3 Å². The minimum atomic E-state index is -3.21. The summed E-state index contributed by atoms with van der Waals surface area (Å²) in [4.78, 5) is 21.3. The molecule has 1 aliphatic rings. The molecule has 1 aliphatic heterocycles. The van der Waals surface area contributed by atoms with E-state index in [1.165, 1.54) is 24.4 Å². The summed E-state index contributed by atoms with van der Waals surface area (Å²) in [5.41, 5.74) is 6.04. The maximum absolute atomic E-state index is 14.8. The van der Waals surface area contributed by atoms with Gasteiger partial charge in [0, 0.05) is 17.4 Å². The van der Waals surface area contributed by atoms with E-state index in [0.717, 1.165) is 0 Å².